The standard InChI is InChI=1S/C12H8BrClN2O2/c13-7-3-4-10(9(14)6-7)16-11-8(12(17)18)2-1-5-15-11/h1-6H,(H,15,16)(H,17,18). The van der Waals surface area contributed by atoms with Crippen LogP contribution in [0, 0.1) is 0 Å². The van der Waals surface area contributed by atoms with E-state index in [-0.39, 0.29) is 11.4 Å². The summed E-state index contributed by atoms with van der Waals surface area (Å²) < 4.78 is 0.845. The average Bonchev–Trinajstić information content (AvgIpc) is 2.33. The number of carbonyl (C=O) groups is 1. The summed E-state index contributed by atoms with van der Waals surface area (Å²) in [6, 6.07) is 8.31. The molecule has 1 heterocycles. The van der Waals surface area contributed by atoms with Crippen molar-refractivity contribution in [3.63, 3.8) is 0 Å². The summed E-state index contributed by atoms with van der Waals surface area (Å²) in [5, 5.41) is 12.4. The Morgan fingerprint density at radius 3 is 2.83 bits per heavy atom. The molecule has 0 aliphatic rings. The summed E-state index contributed by atoms with van der Waals surface area (Å²) in [7, 11) is 0. The van der Waals surface area contributed by atoms with E-state index in [0.717, 1.165) is 4.47 Å². The number of pyridine rings is 1. The van der Waals surface area contributed by atoms with Gasteiger partial charge in [-0.05, 0) is 30.3 Å². The molecule has 0 aliphatic heterocycles. The number of benzene rings is 1. The van der Waals surface area contributed by atoms with Crippen molar-refractivity contribution in [1.29, 1.82) is 0 Å². The molecule has 1 aromatic carbocycles. The van der Waals surface area contributed by atoms with Crippen LogP contribution < -0.4 is 5.32 Å². The fourth-order valence-corrected chi connectivity index (χ4v) is 2.12. The lowest BCUT2D eigenvalue weighted by Crippen LogP contribution is -2.04. The van der Waals surface area contributed by atoms with E-state index in [9.17, 15) is 4.79 Å². The Labute approximate surface area is 117 Å². The number of hydrogen-bond acceptors (Lipinski definition) is 3. The molecular weight excluding hydrogens is 320 g/mol. The Bertz CT molecular complexity index is 604. The molecule has 0 aliphatic carbocycles. The summed E-state index contributed by atoms with van der Waals surface area (Å²) in [6.45, 7) is 0. The highest BCUT2D eigenvalue weighted by molar-refractivity contribution is 9.10. The van der Waals surface area contributed by atoms with Gasteiger partial charge in [0.05, 0.1) is 10.7 Å². The van der Waals surface area contributed by atoms with Crippen LogP contribution in [0.25, 0.3) is 0 Å². The molecule has 0 saturated carbocycles. The van der Waals surface area contributed by atoms with Crippen molar-refractivity contribution < 1.29 is 9.90 Å². The molecule has 0 unspecified atom stereocenters. The fraction of sp³-hybridized carbons (Fsp3) is 0. The van der Waals surface area contributed by atoms with E-state index in [1.165, 1.54) is 12.3 Å². The van der Waals surface area contributed by atoms with Gasteiger partial charge in [-0.25, -0.2) is 9.78 Å². The lowest BCUT2D eigenvalue weighted by molar-refractivity contribution is 0.0697. The van der Waals surface area contributed by atoms with Gasteiger partial charge in [0, 0.05) is 10.7 Å². The average molecular weight is 328 g/mol. The summed E-state index contributed by atoms with van der Waals surface area (Å²) in [5.41, 5.74) is 0.692. The molecule has 0 saturated heterocycles. The predicted molar refractivity (Wildman–Crippen MR) is 73.6 cm³/mol. The summed E-state index contributed by atoms with van der Waals surface area (Å²) >= 11 is 9.34. The third-order valence-corrected chi connectivity index (χ3v) is 3.03. The molecule has 6 heteroatoms. The molecule has 18 heavy (non-hydrogen) atoms. The topological polar surface area (TPSA) is 62.2 Å². The van der Waals surface area contributed by atoms with Crippen LogP contribution in [0.5, 0.6) is 0 Å². The molecule has 2 aromatic rings. The summed E-state index contributed by atoms with van der Waals surface area (Å²) in [4.78, 5) is 15.0. The minimum Gasteiger partial charge on any atom is -0.478 e. The van der Waals surface area contributed by atoms with Crippen molar-refractivity contribution in [2.45, 2.75) is 0 Å². The zero-order valence-electron chi connectivity index (χ0n) is 9.02. The lowest BCUT2D eigenvalue weighted by Gasteiger charge is -2.09. The van der Waals surface area contributed by atoms with Crippen LogP contribution in [-0.4, -0.2) is 16.1 Å². The van der Waals surface area contributed by atoms with E-state index in [2.05, 4.69) is 26.2 Å². The van der Waals surface area contributed by atoms with Gasteiger partial charge in [-0.3, -0.25) is 0 Å². The molecule has 2 N–H and O–H groups in total. The fourth-order valence-electron chi connectivity index (χ4n) is 1.40. The maximum atomic E-state index is 11.0. The highest BCUT2D eigenvalue weighted by atomic mass is 79.9. The highest BCUT2D eigenvalue weighted by Crippen LogP contribution is 2.28. The number of hydrogen-bond donors (Lipinski definition) is 2. The van der Waals surface area contributed by atoms with Crippen LogP contribution in [0.1, 0.15) is 10.4 Å². The number of anilines is 2. The zero-order valence-corrected chi connectivity index (χ0v) is 11.4. The molecule has 0 atom stereocenters. The van der Waals surface area contributed by atoms with E-state index < -0.39 is 5.97 Å². The van der Waals surface area contributed by atoms with Gasteiger partial charge in [0.2, 0.25) is 0 Å². The van der Waals surface area contributed by atoms with Crippen LogP contribution in [0.2, 0.25) is 5.02 Å². The molecule has 92 valence electrons. The van der Waals surface area contributed by atoms with Gasteiger partial charge in [-0.2, -0.15) is 0 Å². The van der Waals surface area contributed by atoms with Crippen LogP contribution in [0.15, 0.2) is 41.0 Å². The first kappa shape index (κ1) is 12.9. The first-order chi connectivity index (χ1) is 8.58. The number of nitrogens with zero attached hydrogens (tertiary/aromatic N) is 1. The van der Waals surface area contributed by atoms with E-state index in [1.807, 2.05) is 0 Å². The van der Waals surface area contributed by atoms with E-state index in [0.29, 0.717) is 10.7 Å². The number of nitrogens with one attached hydrogen (secondary N) is 1. The van der Waals surface area contributed by atoms with Crippen molar-refractivity contribution in [1.82, 2.24) is 4.98 Å². The molecule has 0 radical (unpaired) electrons. The maximum absolute atomic E-state index is 11.0. The van der Waals surface area contributed by atoms with Crippen molar-refractivity contribution in [2.75, 3.05) is 5.32 Å². The Morgan fingerprint density at radius 2 is 2.17 bits per heavy atom. The minimum absolute atomic E-state index is 0.0940. The second-order valence-electron chi connectivity index (χ2n) is 3.45. The first-order valence-corrected chi connectivity index (χ1v) is 6.15. The van der Waals surface area contributed by atoms with E-state index in [4.69, 9.17) is 16.7 Å². The molecular formula is C12H8BrClN2O2. The maximum Gasteiger partial charge on any atom is 0.339 e. The number of rotatable bonds is 3. The molecule has 2 rings (SSSR count). The van der Waals surface area contributed by atoms with Gasteiger partial charge in [0.15, 0.2) is 0 Å². The summed E-state index contributed by atoms with van der Waals surface area (Å²) in [6.07, 6.45) is 1.52. The van der Waals surface area contributed by atoms with Crippen molar-refractivity contribution in [2.24, 2.45) is 0 Å². The van der Waals surface area contributed by atoms with Crippen molar-refractivity contribution in [3.8, 4) is 0 Å². The zero-order chi connectivity index (χ0) is 13.1. The van der Waals surface area contributed by atoms with E-state index in [1.54, 1.807) is 24.3 Å². The SMILES string of the molecule is O=C(O)c1cccnc1Nc1ccc(Br)cc1Cl. The Morgan fingerprint density at radius 1 is 1.39 bits per heavy atom. The Kier molecular flexibility index (Phi) is 3.84. The smallest absolute Gasteiger partial charge is 0.339 e. The third kappa shape index (κ3) is 2.80. The predicted octanol–water partition coefficient (Wildman–Crippen LogP) is 3.94. The van der Waals surface area contributed by atoms with Crippen molar-refractivity contribution >= 4 is 45.0 Å². The van der Waals surface area contributed by atoms with Gasteiger partial charge in [-0.15, -0.1) is 0 Å². The number of aromatic carboxylic acids is 1. The minimum atomic E-state index is -1.04. The monoisotopic (exact) mass is 326 g/mol. The largest absolute Gasteiger partial charge is 0.478 e. The van der Waals surface area contributed by atoms with Crippen LogP contribution in [0.4, 0.5) is 11.5 Å². The Hall–Kier alpha value is -1.59. The second-order valence-corrected chi connectivity index (χ2v) is 4.78. The third-order valence-electron chi connectivity index (χ3n) is 2.22. The van der Waals surface area contributed by atoms with Crippen LogP contribution in [-0.2, 0) is 0 Å². The van der Waals surface area contributed by atoms with Gasteiger partial charge in [-0.1, -0.05) is 27.5 Å². The Balaban J connectivity index is 2.37. The van der Waals surface area contributed by atoms with Crippen LogP contribution >= 0.6 is 27.5 Å². The van der Waals surface area contributed by atoms with Crippen LogP contribution in [0.3, 0.4) is 0 Å². The molecule has 0 spiro atoms. The molecule has 0 bridgehead atoms. The molecule has 0 amide bonds. The summed E-state index contributed by atoms with van der Waals surface area (Å²) in [5.74, 6) is -0.784. The molecule has 4 nitrogen and oxygen atoms in total. The van der Waals surface area contributed by atoms with Gasteiger partial charge < -0.3 is 10.4 Å². The normalized spacial score (nSPS) is 10.1. The van der Waals surface area contributed by atoms with Crippen molar-refractivity contribution in [3.05, 3.63) is 51.6 Å². The van der Waals surface area contributed by atoms with E-state index >= 15 is 0 Å². The first-order valence-electron chi connectivity index (χ1n) is 4.98. The molecule has 0 fully saturated rings. The number of carboxylic acid groups (broad SMARTS) is 1. The number of carboxylic acids is 1. The number of halogens is 2. The lowest BCUT2D eigenvalue weighted by atomic mass is 10.2. The van der Waals surface area contributed by atoms with Gasteiger partial charge in [0.25, 0.3) is 0 Å². The second kappa shape index (κ2) is 5.37. The van der Waals surface area contributed by atoms with Gasteiger partial charge in [0.1, 0.15) is 11.4 Å². The van der Waals surface area contributed by atoms with Gasteiger partial charge >= 0.3 is 5.97 Å². The quantitative estimate of drug-likeness (QED) is 0.896. The molecule has 1 aromatic heterocycles. The number of aromatic nitrogens is 1. The highest BCUT2D eigenvalue weighted by Gasteiger charge is 2.11.